The van der Waals surface area contributed by atoms with Gasteiger partial charge in [-0.2, -0.15) is 0 Å². The number of esters is 1. The highest BCUT2D eigenvalue weighted by Crippen LogP contribution is 2.29. The molecule has 1 saturated heterocycles. The first-order chi connectivity index (χ1) is 8.19. The summed E-state index contributed by atoms with van der Waals surface area (Å²) in [7, 11) is 0. The number of aliphatic hydroxyl groups excluding tert-OH is 1. The molecule has 0 spiro atoms. The molecule has 4 heteroatoms. The Labute approximate surface area is 109 Å². The van der Waals surface area contributed by atoms with E-state index in [1.54, 1.807) is 13.8 Å². The Kier molecular flexibility index (Phi) is 4.79. The molecule has 0 aliphatic carbocycles. The third-order valence-corrected chi connectivity index (χ3v) is 2.73. The van der Waals surface area contributed by atoms with Gasteiger partial charge in [-0.25, -0.2) is 4.79 Å². The summed E-state index contributed by atoms with van der Waals surface area (Å²) >= 11 is 0. The van der Waals surface area contributed by atoms with E-state index < -0.39 is 5.60 Å². The molecule has 1 fully saturated rings. The van der Waals surface area contributed by atoms with Crippen LogP contribution in [0, 0.1) is 0 Å². The Morgan fingerprint density at radius 1 is 1.56 bits per heavy atom. The minimum absolute atomic E-state index is 0.0115. The van der Waals surface area contributed by atoms with Crippen LogP contribution in [-0.4, -0.2) is 28.9 Å². The van der Waals surface area contributed by atoms with Crippen molar-refractivity contribution in [2.75, 3.05) is 0 Å². The van der Waals surface area contributed by atoms with Crippen LogP contribution in [0.25, 0.3) is 0 Å². The van der Waals surface area contributed by atoms with Crippen LogP contribution in [0.5, 0.6) is 0 Å². The summed E-state index contributed by atoms with van der Waals surface area (Å²) in [5.74, 6) is 0.380. The van der Waals surface area contributed by atoms with Crippen molar-refractivity contribution in [2.45, 2.75) is 71.7 Å². The first kappa shape index (κ1) is 15.0. The number of hydrogen-bond donors (Lipinski definition) is 1. The smallest absolute Gasteiger partial charge is 0.337 e. The number of rotatable bonds is 3. The fourth-order valence-corrected chi connectivity index (χ4v) is 1.90. The lowest BCUT2D eigenvalue weighted by Gasteiger charge is -2.20. The van der Waals surface area contributed by atoms with Gasteiger partial charge in [-0.3, -0.25) is 0 Å². The van der Waals surface area contributed by atoms with Crippen LogP contribution in [-0.2, 0) is 14.3 Å². The first-order valence-corrected chi connectivity index (χ1v) is 6.47. The molecular formula is C14H24O4. The minimum Gasteiger partial charge on any atom is -0.494 e. The third kappa shape index (κ3) is 4.69. The predicted octanol–water partition coefficient (Wildman–Crippen LogP) is 2.55. The highest BCUT2D eigenvalue weighted by atomic mass is 16.6. The molecule has 1 aliphatic rings. The summed E-state index contributed by atoms with van der Waals surface area (Å²) in [4.78, 5) is 11.9. The molecule has 104 valence electrons. The van der Waals surface area contributed by atoms with Crippen molar-refractivity contribution < 1.29 is 19.4 Å². The average molecular weight is 256 g/mol. The van der Waals surface area contributed by atoms with E-state index in [9.17, 15) is 9.90 Å². The van der Waals surface area contributed by atoms with E-state index in [4.69, 9.17) is 9.47 Å². The molecule has 0 amide bonds. The Balaban J connectivity index is 2.62. The van der Waals surface area contributed by atoms with Gasteiger partial charge in [0.25, 0.3) is 0 Å². The van der Waals surface area contributed by atoms with Gasteiger partial charge in [0.15, 0.2) is 0 Å². The van der Waals surface area contributed by atoms with Crippen LogP contribution in [0.1, 0.15) is 53.9 Å². The van der Waals surface area contributed by atoms with Crippen molar-refractivity contribution in [1.29, 1.82) is 0 Å². The fourth-order valence-electron chi connectivity index (χ4n) is 1.90. The molecule has 0 saturated carbocycles. The van der Waals surface area contributed by atoms with Crippen LogP contribution >= 0.6 is 0 Å². The molecule has 1 N–H and O–H groups in total. The van der Waals surface area contributed by atoms with E-state index in [2.05, 4.69) is 0 Å². The van der Waals surface area contributed by atoms with Gasteiger partial charge < -0.3 is 14.6 Å². The highest BCUT2D eigenvalue weighted by Gasteiger charge is 2.27. The van der Waals surface area contributed by atoms with Gasteiger partial charge in [0.2, 0.25) is 0 Å². The molecule has 0 aromatic heterocycles. The SMILES string of the molecule is C/C(C(=O)OC(C)(C)C)=C1/CC[C@H](C[C@@H](C)O)O1. The van der Waals surface area contributed by atoms with E-state index in [0.717, 1.165) is 12.8 Å². The van der Waals surface area contributed by atoms with Gasteiger partial charge in [-0.15, -0.1) is 0 Å². The van der Waals surface area contributed by atoms with E-state index in [0.29, 0.717) is 17.8 Å². The molecule has 1 aliphatic heterocycles. The normalized spacial score (nSPS) is 24.4. The monoisotopic (exact) mass is 256 g/mol. The van der Waals surface area contributed by atoms with Gasteiger partial charge in [-0.1, -0.05) is 0 Å². The quantitative estimate of drug-likeness (QED) is 0.623. The summed E-state index contributed by atoms with van der Waals surface area (Å²) in [5, 5.41) is 9.31. The summed E-state index contributed by atoms with van der Waals surface area (Å²) < 4.78 is 11.0. The summed E-state index contributed by atoms with van der Waals surface area (Å²) in [6.45, 7) is 9.00. The zero-order valence-electron chi connectivity index (χ0n) is 11.9. The summed E-state index contributed by atoms with van der Waals surface area (Å²) in [6, 6.07) is 0. The molecule has 0 aromatic carbocycles. The predicted molar refractivity (Wildman–Crippen MR) is 68.9 cm³/mol. The number of carbonyl (C=O) groups is 1. The molecule has 0 unspecified atom stereocenters. The van der Waals surface area contributed by atoms with Crippen molar-refractivity contribution in [3.63, 3.8) is 0 Å². The van der Waals surface area contributed by atoms with Crippen LogP contribution in [0.4, 0.5) is 0 Å². The highest BCUT2D eigenvalue weighted by molar-refractivity contribution is 5.88. The van der Waals surface area contributed by atoms with E-state index in [1.807, 2.05) is 20.8 Å². The molecule has 2 atom stereocenters. The molecule has 0 bridgehead atoms. The largest absolute Gasteiger partial charge is 0.494 e. The molecular weight excluding hydrogens is 232 g/mol. The number of ether oxygens (including phenoxy) is 2. The van der Waals surface area contributed by atoms with Crippen molar-refractivity contribution in [3.8, 4) is 0 Å². The van der Waals surface area contributed by atoms with Gasteiger partial charge in [-0.05, 0) is 41.0 Å². The zero-order valence-corrected chi connectivity index (χ0v) is 11.9. The maximum atomic E-state index is 11.9. The molecule has 1 heterocycles. The van der Waals surface area contributed by atoms with Crippen molar-refractivity contribution in [1.82, 2.24) is 0 Å². The van der Waals surface area contributed by atoms with Crippen molar-refractivity contribution in [2.24, 2.45) is 0 Å². The molecule has 1 rings (SSSR count). The molecule has 18 heavy (non-hydrogen) atoms. The lowest BCUT2D eigenvalue weighted by molar-refractivity contribution is -0.150. The molecule has 0 radical (unpaired) electrons. The van der Waals surface area contributed by atoms with Gasteiger partial charge >= 0.3 is 5.97 Å². The Bertz CT molecular complexity index is 336. The van der Waals surface area contributed by atoms with Crippen LogP contribution < -0.4 is 0 Å². The average Bonchev–Trinajstić information content (AvgIpc) is 2.61. The maximum absolute atomic E-state index is 11.9. The number of aliphatic hydroxyl groups is 1. The second-order valence-electron chi connectivity index (χ2n) is 5.91. The lowest BCUT2D eigenvalue weighted by atomic mass is 10.1. The van der Waals surface area contributed by atoms with Crippen LogP contribution in [0.2, 0.25) is 0 Å². The van der Waals surface area contributed by atoms with Crippen LogP contribution in [0.15, 0.2) is 11.3 Å². The lowest BCUT2D eigenvalue weighted by Crippen LogP contribution is -2.25. The number of hydrogen-bond acceptors (Lipinski definition) is 4. The number of carbonyl (C=O) groups excluding carboxylic acids is 1. The number of allylic oxidation sites excluding steroid dienone is 1. The molecule has 4 nitrogen and oxygen atoms in total. The van der Waals surface area contributed by atoms with E-state index >= 15 is 0 Å². The van der Waals surface area contributed by atoms with E-state index in [-0.39, 0.29) is 18.2 Å². The topological polar surface area (TPSA) is 55.8 Å². The van der Waals surface area contributed by atoms with Crippen molar-refractivity contribution in [3.05, 3.63) is 11.3 Å². The standard InChI is InChI=1S/C14H24O4/c1-9(15)8-11-6-7-12(17-11)10(2)13(16)18-14(3,4)5/h9,11,15H,6-8H2,1-5H3/b12-10+/t9-,11-/m1/s1. The first-order valence-electron chi connectivity index (χ1n) is 6.47. The van der Waals surface area contributed by atoms with Gasteiger partial charge in [0.1, 0.15) is 17.5 Å². The van der Waals surface area contributed by atoms with Crippen molar-refractivity contribution >= 4 is 5.97 Å². The fraction of sp³-hybridized carbons (Fsp3) is 0.786. The third-order valence-electron chi connectivity index (χ3n) is 2.73. The Morgan fingerprint density at radius 3 is 2.67 bits per heavy atom. The Hall–Kier alpha value is -1.03. The zero-order chi connectivity index (χ0) is 13.9. The van der Waals surface area contributed by atoms with E-state index in [1.165, 1.54) is 0 Å². The summed E-state index contributed by atoms with van der Waals surface area (Å²) in [5.41, 5.74) is 0.0503. The minimum atomic E-state index is -0.490. The second-order valence-corrected chi connectivity index (χ2v) is 5.91. The van der Waals surface area contributed by atoms with Crippen LogP contribution in [0.3, 0.4) is 0 Å². The summed E-state index contributed by atoms with van der Waals surface area (Å²) in [6.07, 6.45) is 1.82. The Morgan fingerprint density at radius 2 is 2.17 bits per heavy atom. The van der Waals surface area contributed by atoms with Gasteiger partial charge in [0.05, 0.1) is 11.7 Å². The second kappa shape index (κ2) is 5.74. The van der Waals surface area contributed by atoms with Gasteiger partial charge in [0, 0.05) is 12.8 Å². The molecule has 0 aromatic rings. The maximum Gasteiger partial charge on any atom is 0.337 e.